The molecule has 0 bridgehead atoms. The Morgan fingerprint density at radius 1 is 1.10 bits per heavy atom. The fraction of sp³-hybridized carbons (Fsp3) is 0.409. The van der Waals surface area contributed by atoms with Gasteiger partial charge in [-0.05, 0) is 48.2 Å². The highest BCUT2D eigenvalue weighted by molar-refractivity contribution is 6.30. The number of rotatable bonds is 5. The molecule has 29 heavy (non-hydrogen) atoms. The Balaban J connectivity index is 1.22. The predicted molar refractivity (Wildman–Crippen MR) is 112 cm³/mol. The van der Waals surface area contributed by atoms with Crippen LogP contribution in [0.25, 0.3) is 0 Å². The first-order valence-electron chi connectivity index (χ1n) is 9.94. The Morgan fingerprint density at radius 3 is 2.55 bits per heavy atom. The quantitative estimate of drug-likeness (QED) is 0.805. The molecule has 2 aromatic rings. The van der Waals surface area contributed by atoms with Gasteiger partial charge in [0.05, 0.1) is 0 Å². The molecule has 6 nitrogen and oxygen atoms in total. The van der Waals surface area contributed by atoms with Gasteiger partial charge in [-0.15, -0.1) is 0 Å². The second-order valence-corrected chi connectivity index (χ2v) is 8.11. The fourth-order valence-electron chi connectivity index (χ4n) is 3.75. The van der Waals surface area contributed by atoms with Crippen molar-refractivity contribution < 1.29 is 14.3 Å². The van der Waals surface area contributed by atoms with E-state index in [1.165, 1.54) is 5.56 Å². The van der Waals surface area contributed by atoms with Crippen molar-refractivity contribution in [2.24, 2.45) is 0 Å². The Bertz CT molecular complexity index is 851. The normalized spacial score (nSPS) is 16.6. The van der Waals surface area contributed by atoms with E-state index in [1.807, 2.05) is 37.4 Å². The molecule has 0 radical (unpaired) electrons. The number of carbonyl (C=O) groups is 1. The van der Waals surface area contributed by atoms with Gasteiger partial charge in [-0.1, -0.05) is 29.8 Å². The Morgan fingerprint density at radius 2 is 1.79 bits per heavy atom. The summed E-state index contributed by atoms with van der Waals surface area (Å²) >= 11 is 5.95. The van der Waals surface area contributed by atoms with Gasteiger partial charge in [0.1, 0.15) is 0 Å². The molecule has 0 unspecified atom stereocenters. The molecule has 0 saturated carbocycles. The zero-order valence-electron chi connectivity index (χ0n) is 16.6. The van der Waals surface area contributed by atoms with Gasteiger partial charge in [0.25, 0.3) is 0 Å². The van der Waals surface area contributed by atoms with Crippen molar-refractivity contribution in [3.8, 4) is 11.5 Å². The number of halogens is 1. The molecule has 2 aromatic carbocycles. The van der Waals surface area contributed by atoms with Gasteiger partial charge in [-0.25, -0.2) is 4.79 Å². The Kier molecular flexibility index (Phi) is 6.11. The van der Waals surface area contributed by atoms with Crippen LogP contribution in [0.15, 0.2) is 42.5 Å². The van der Waals surface area contributed by atoms with Crippen LogP contribution in [-0.4, -0.2) is 48.8 Å². The first-order chi connectivity index (χ1) is 14.1. The molecular formula is C22H26ClN3O3. The van der Waals surface area contributed by atoms with E-state index in [0.717, 1.165) is 54.6 Å². The molecule has 0 atom stereocenters. The molecule has 1 saturated heterocycles. The molecule has 1 N–H and O–H groups in total. The maximum Gasteiger partial charge on any atom is 0.317 e. The number of amides is 2. The SMILES string of the molecule is CN(Cc1ccc2c(c1)OCO2)C(=O)NC1CCN(Cc2ccc(Cl)cc2)CC1. The number of nitrogens with one attached hydrogen (secondary N) is 1. The van der Waals surface area contributed by atoms with Crippen molar-refractivity contribution in [2.75, 3.05) is 26.9 Å². The van der Waals surface area contributed by atoms with Gasteiger partial charge in [0.15, 0.2) is 11.5 Å². The van der Waals surface area contributed by atoms with Crippen LogP contribution in [0.3, 0.4) is 0 Å². The van der Waals surface area contributed by atoms with Crippen LogP contribution in [0.4, 0.5) is 4.79 Å². The smallest absolute Gasteiger partial charge is 0.317 e. The second-order valence-electron chi connectivity index (χ2n) is 7.67. The number of benzene rings is 2. The molecule has 0 spiro atoms. The minimum atomic E-state index is -0.0428. The first kappa shape index (κ1) is 19.9. The van der Waals surface area contributed by atoms with E-state index in [9.17, 15) is 4.79 Å². The van der Waals surface area contributed by atoms with Gasteiger partial charge in [-0.2, -0.15) is 0 Å². The number of hydrogen-bond acceptors (Lipinski definition) is 4. The van der Waals surface area contributed by atoms with E-state index in [2.05, 4.69) is 22.3 Å². The van der Waals surface area contributed by atoms with Crippen LogP contribution >= 0.6 is 11.6 Å². The molecular weight excluding hydrogens is 390 g/mol. The summed E-state index contributed by atoms with van der Waals surface area (Å²) in [5, 5.41) is 3.93. The highest BCUT2D eigenvalue weighted by Gasteiger charge is 2.22. The van der Waals surface area contributed by atoms with Crippen LogP contribution in [0.2, 0.25) is 5.02 Å². The Labute approximate surface area is 176 Å². The number of ether oxygens (including phenoxy) is 2. The summed E-state index contributed by atoms with van der Waals surface area (Å²) in [5.41, 5.74) is 2.28. The molecule has 2 aliphatic heterocycles. The zero-order valence-corrected chi connectivity index (χ0v) is 17.3. The largest absolute Gasteiger partial charge is 0.454 e. The number of likely N-dealkylation sites (tertiary alicyclic amines) is 1. The monoisotopic (exact) mass is 415 g/mol. The molecule has 154 valence electrons. The van der Waals surface area contributed by atoms with Crippen molar-refractivity contribution in [1.82, 2.24) is 15.1 Å². The van der Waals surface area contributed by atoms with Gasteiger partial charge >= 0.3 is 6.03 Å². The number of fused-ring (bicyclic) bond motifs is 1. The fourth-order valence-corrected chi connectivity index (χ4v) is 3.88. The lowest BCUT2D eigenvalue weighted by atomic mass is 10.0. The zero-order chi connectivity index (χ0) is 20.2. The van der Waals surface area contributed by atoms with Crippen molar-refractivity contribution in [1.29, 1.82) is 0 Å². The molecule has 7 heteroatoms. The van der Waals surface area contributed by atoms with Crippen molar-refractivity contribution >= 4 is 17.6 Å². The average molecular weight is 416 g/mol. The van der Waals surface area contributed by atoms with Gasteiger partial charge in [0, 0.05) is 44.3 Å². The van der Waals surface area contributed by atoms with E-state index in [4.69, 9.17) is 21.1 Å². The van der Waals surface area contributed by atoms with Gasteiger partial charge in [0.2, 0.25) is 6.79 Å². The lowest BCUT2D eigenvalue weighted by molar-refractivity contribution is 0.172. The maximum absolute atomic E-state index is 12.6. The number of urea groups is 1. The number of hydrogen-bond donors (Lipinski definition) is 1. The van der Waals surface area contributed by atoms with E-state index in [-0.39, 0.29) is 18.9 Å². The first-order valence-corrected chi connectivity index (χ1v) is 10.3. The third-order valence-corrected chi connectivity index (χ3v) is 5.69. The Hall–Kier alpha value is -2.44. The predicted octanol–water partition coefficient (Wildman–Crippen LogP) is 3.87. The van der Waals surface area contributed by atoms with Gasteiger partial charge in [-0.3, -0.25) is 4.90 Å². The molecule has 2 amide bonds. The molecule has 0 aliphatic carbocycles. The lowest BCUT2D eigenvalue weighted by Crippen LogP contribution is -2.48. The van der Waals surface area contributed by atoms with Crippen LogP contribution in [-0.2, 0) is 13.1 Å². The summed E-state index contributed by atoms with van der Waals surface area (Å²) in [7, 11) is 1.82. The van der Waals surface area contributed by atoms with Crippen LogP contribution in [0, 0.1) is 0 Å². The van der Waals surface area contributed by atoms with Gasteiger partial charge < -0.3 is 19.7 Å². The third-order valence-electron chi connectivity index (χ3n) is 5.44. The summed E-state index contributed by atoms with van der Waals surface area (Å²) in [5.74, 6) is 1.50. The standard InChI is InChI=1S/C22H26ClN3O3/c1-25(13-17-4-7-20-21(12-17)29-15-28-20)22(27)24-19-8-10-26(11-9-19)14-16-2-5-18(23)6-3-16/h2-7,12,19H,8-11,13-15H2,1H3,(H,24,27). The molecule has 1 fully saturated rings. The van der Waals surface area contributed by atoms with E-state index < -0.39 is 0 Å². The maximum atomic E-state index is 12.6. The van der Waals surface area contributed by atoms with Crippen molar-refractivity contribution in [2.45, 2.75) is 32.0 Å². The summed E-state index contributed by atoms with van der Waals surface area (Å²) in [4.78, 5) is 16.7. The molecule has 0 aromatic heterocycles. The average Bonchev–Trinajstić information content (AvgIpc) is 3.19. The molecule has 2 heterocycles. The minimum absolute atomic E-state index is 0.0428. The summed E-state index contributed by atoms with van der Waals surface area (Å²) in [6, 6.07) is 14.0. The number of nitrogens with zero attached hydrogens (tertiary/aromatic N) is 2. The van der Waals surface area contributed by atoms with E-state index >= 15 is 0 Å². The highest BCUT2D eigenvalue weighted by atomic mass is 35.5. The molecule has 4 rings (SSSR count). The highest BCUT2D eigenvalue weighted by Crippen LogP contribution is 2.32. The lowest BCUT2D eigenvalue weighted by Gasteiger charge is -2.33. The third kappa shape index (κ3) is 5.14. The summed E-state index contributed by atoms with van der Waals surface area (Å²) in [6.07, 6.45) is 1.91. The van der Waals surface area contributed by atoms with Crippen LogP contribution in [0.1, 0.15) is 24.0 Å². The van der Waals surface area contributed by atoms with E-state index in [1.54, 1.807) is 4.90 Å². The van der Waals surface area contributed by atoms with Crippen molar-refractivity contribution in [3.63, 3.8) is 0 Å². The second kappa shape index (κ2) is 8.93. The van der Waals surface area contributed by atoms with E-state index in [0.29, 0.717) is 6.54 Å². The summed E-state index contributed by atoms with van der Waals surface area (Å²) in [6.45, 7) is 3.64. The summed E-state index contributed by atoms with van der Waals surface area (Å²) < 4.78 is 10.7. The molecule has 2 aliphatic rings. The van der Waals surface area contributed by atoms with Crippen molar-refractivity contribution in [3.05, 3.63) is 58.6 Å². The topological polar surface area (TPSA) is 54.0 Å². The number of piperidine rings is 1. The number of carbonyl (C=O) groups excluding carboxylic acids is 1. The van der Waals surface area contributed by atoms with Crippen LogP contribution < -0.4 is 14.8 Å². The van der Waals surface area contributed by atoms with Crippen LogP contribution in [0.5, 0.6) is 11.5 Å². The minimum Gasteiger partial charge on any atom is -0.454 e.